The molecule has 1 fully saturated rings. The second kappa shape index (κ2) is 8.16. The lowest BCUT2D eigenvalue weighted by atomic mass is 9.96. The molecular weight excluding hydrogens is 316 g/mol. The Kier molecular flexibility index (Phi) is 5.71. The summed E-state index contributed by atoms with van der Waals surface area (Å²) in [5.41, 5.74) is 2.15. The molecule has 1 saturated heterocycles. The largest absolute Gasteiger partial charge is 0.428 e. The number of nitrogens with zero attached hydrogens (tertiary/aromatic N) is 2. The summed E-state index contributed by atoms with van der Waals surface area (Å²) in [6, 6.07) is 10.6. The van der Waals surface area contributed by atoms with Crippen LogP contribution in [0.25, 0.3) is 0 Å². The van der Waals surface area contributed by atoms with Crippen molar-refractivity contribution >= 4 is 12.0 Å². The summed E-state index contributed by atoms with van der Waals surface area (Å²) in [7, 11) is 0. The molecule has 0 bridgehead atoms. The highest BCUT2D eigenvalue weighted by Gasteiger charge is 2.20. The Hall–Kier alpha value is -2.34. The number of carbonyl (C=O) groups is 1. The van der Waals surface area contributed by atoms with Crippen molar-refractivity contribution in [3.63, 3.8) is 0 Å². The third kappa shape index (κ3) is 5.06. The Morgan fingerprint density at radius 2 is 1.96 bits per heavy atom. The van der Waals surface area contributed by atoms with Gasteiger partial charge in [-0.2, -0.15) is 4.98 Å². The molecule has 6 heteroatoms. The zero-order valence-electron chi connectivity index (χ0n) is 14.9. The molecule has 2 amide bonds. The van der Waals surface area contributed by atoms with Gasteiger partial charge in [-0.1, -0.05) is 30.3 Å². The number of rotatable bonds is 5. The van der Waals surface area contributed by atoms with E-state index >= 15 is 0 Å². The fourth-order valence-electron chi connectivity index (χ4n) is 3.09. The van der Waals surface area contributed by atoms with E-state index in [1.165, 1.54) is 5.56 Å². The number of aromatic nitrogens is 1. The average Bonchev–Trinajstić information content (AvgIpc) is 2.92. The predicted molar refractivity (Wildman–Crippen MR) is 97.4 cm³/mol. The number of hydrogen-bond acceptors (Lipinski definition) is 4. The van der Waals surface area contributed by atoms with Gasteiger partial charge in [-0.05, 0) is 51.3 Å². The molecule has 1 aromatic carbocycles. The molecule has 0 radical (unpaired) electrons. The average molecular weight is 342 g/mol. The monoisotopic (exact) mass is 342 g/mol. The number of anilines is 1. The second-order valence-electron chi connectivity index (χ2n) is 6.70. The van der Waals surface area contributed by atoms with Crippen molar-refractivity contribution < 1.29 is 9.21 Å². The summed E-state index contributed by atoms with van der Waals surface area (Å²) in [5.74, 6) is 1.24. The van der Waals surface area contributed by atoms with Crippen LogP contribution in [-0.2, 0) is 6.54 Å². The highest BCUT2D eigenvalue weighted by molar-refractivity contribution is 5.86. The molecule has 1 aliphatic heterocycles. The van der Waals surface area contributed by atoms with E-state index in [-0.39, 0.29) is 12.0 Å². The Morgan fingerprint density at radius 1 is 1.24 bits per heavy atom. The molecule has 3 rings (SSSR count). The summed E-state index contributed by atoms with van der Waals surface area (Å²) in [4.78, 5) is 18.6. The minimum atomic E-state index is -0.257. The van der Waals surface area contributed by atoms with Crippen molar-refractivity contribution in [2.24, 2.45) is 5.92 Å². The molecule has 25 heavy (non-hydrogen) atoms. The van der Waals surface area contributed by atoms with Crippen molar-refractivity contribution in [2.75, 3.05) is 25.0 Å². The third-order valence-corrected chi connectivity index (χ3v) is 4.76. The van der Waals surface area contributed by atoms with Crippen molar-refractivity contribution in [2.45, 2.75) is 33.2 Å². The summed E-state index contributed by atoms with van der Waals surface area (Å²) < 4.78 is 5.36. The standard InChI is InChI=1S/C19H26N4O2/c1-14-15(2)25-19(21-14)22-18(24)20-12-16-8-10-23(11-9-16)13-17-6-4-3-5-7-17/h3-7,16H,8-13H2,1-2H3,(H2,20,21,22,24). The van der Waals surface area contributed by atoms with Crippen LogP contribution in [0.1, 0.15) is 29.9 Å². The lowest BCUT2D eigenvalue weighted by Crippen LogP contribution is -2.39. The maximum Gasteiger partial charge on any atom is 0.322 e. The van der Waals surface area contributed by atoms with Crippen LogP contribution in [0.4, 0.5) is 10.8 Å². The van der Waals surface area contributed by atoms with Crippen LogP contribution in [0, 0.1) is 19.8 Å². The van der Waals surface area contributed by atoms with Gasteiger partial charge in [0.15, 0.2) is 0 Å². The zero-order chi connectivity index (χ0) is 17.6. The number of piperidine rings is 1. The van der Waals surface area contributed by atoms with E-state index < -0.39 is 0 Å². The van der Waals surface area contributed by atoms with Crippen molar-refractivity contribution in [3.05, 3.63) is 47.3 Å². The van der Waals surface area contributed by atoms with E-state index in [9.17, 15) is 4.79 Å². The van der Waals surface area contributed by atoms with Gasteiger partial charge in [0.1, 0.15) is 5.76 Å². The Morgan fingerprint density at radius 3 is 2.60 bits per heavy atom. The summed E-state index contributed by atoms with van der Waals surface area (Å²) in [6.07, 6.45) is 2.20. The molecule has 2 aromatic rings. The number of nitrogens with one attached hydrogen (secondary N) is 2. The van der Waals surface area contributed by atoms with Gasteiger partial charge in [-0.15, -0.1) is 0 Å². The highest BCUT2D eigenvalue weighted by atomic mass is 16.4. The topological polar surface area (TPSA) is 70.4 Å². The molecule has 1 aromatic heterocycles. The number of urea groups is 1. The van der Waals surface area contributed by atoms with E-state index in [1.54, 1.807) is 0 Å². The number of aryl methyl sites for hydroxylation is 2. The molecule has 1 aliphatic rings. The first-order valence-electron chi connectivity index (χ1n) is 8.85. The predicted octanol–water partition coefficient (Wildman–Crippen LogP) is 3.33. The Labute approximate surface area is 148 Å². The maximum atomic E-state index is 11.9. The van der Waals surface area contributed by atoms with Crippen LogP contribution in [0.2, 0.25) is 0 Å². The van der Waals surface area contributed by atoms with Crippen molar-refractivity contribution in [3.8, 4) is 0 Å². The van der Waals surface area contributed by atoms with Gasteiger partial charge in [0.05, 0.1) is 5.69 Å². The van der Waals surface area contributed by atoms with Crippen molar-refractivity contribution in [1.82, 2.24) is 15.2 Å². The molecule has 0 unspecified atom stereocenters. The number of carbonyl (C=O) groups excluding carboxylic acids is 1. The van der Waals surface area contributed by atoms with Crippen LogP contribution < -0.4 is 10.6 Å². The van der Waals surface area contributed by atoms with Gasteiger partial charge >= 0.3 is 12.0 Å². The molecule has 2 heterocycles. The molecule has 2 N–H and O–H groups in total. The summed E-state index contributed by atoms with van der Waals surface area (Å²) in [5, 5.41) is 5.57. The van der Waals surface area contributed by atoms with Crippen LogP contribution >= 0.6 is 0 Å². The fraction of sp³-hybridized carbons (Fsp3) is 0.474. The molecule has 0 saturated carbocycles. The second-order valence-corrected chi connectivity index (χ2v) is 6.70. The smallest absolute Gasteiger partial charge is 0.322 e. The lowest BCUT2D eigenvalue weighted by molar-refractivity contribution is 0.175. The SMILES string of the molecule is Cc1nc(NC(=O)NCC2CCN(Cc3ccccc3)CC2)oc1C. The van der Waals surface area contributed by atoms with Gasteiger partial charge in [-0.25, -0.2) is 4.79 Å². The van der Waals surface area contributed by atoms with E-state index in [0.29, 0.717) is 12.5 Å². The van der Waals surface area contributed by atoms with Gasteiger partial charge in [0, 0.05) is 13.1 Å². The van der Waals surface area contributed by atoms with Gasteiger partial charge < -0.3 is 9.73 Å². The fourth-order valence-corrected chi connectivity index (χ4v) is 3.09. The van der Waals surface area contributed by atoms with Crippen LogP contribution in [0.15, 0.2) is 34.7 Å². The number of oxazole rings is 1. The number of likely N-dealkylation sites (tertiary alicyclic amines) is 1. The quantitative estimate of drug-likeness (QED) is 0.874. The Bertz CT molecular complexity index is 671. The third-order valence-electron chi connectivity index (χ3n) is 4.76. The molecule has 6 nitrogen and oxygen atoms in total. The number of benzene rings is 1. The normalized spacial score (nSPS) is 15.9. The Balaban J connectivity index is 1.36. The van der Waals surface area contributed by atoms with Gasteiger partial charge in [-0.3, -0.25) is 10.2 Å². The van der Waals surface area contributed by atoms with Gasteiger partial charge in [0.25, 0.3) is 0 Å². The number of amides is 2. The van der Waals surface area contributed by atoms with E-state index in [4.69, 9.17) is 4.42 Å². The number of hydrogen-bond donors (Lipinski definition) is 2. The van der Waals surface area contributed by atoms with E-state index in [2.05, 4.69) is 44.8 Å². The molecule has 0 aliphatic carbocycles. The van der Waals surface area contributed by atoms with Crippen molar-refractivity contribution in [1.29, 1.82) is 0 Å². The van der Waals surface area contributed by atoms with Crippen LogP contribution in [0.5, 0.6) is 0 Å². The first-order chi connectivity index (χ1) is 12.1. The molecule has 0 atom stereocenters. The van der Waals surface area contributed by atoms with E-state index in [0.717, 1.165) is 43.9 Å². The first-order valence-corrected chi connectivity index (χ1v) is 8.85. The van der Waals surface area contributed by atoms with Crippen LogP contribution in [-0.4, -0.2) is 35.5 Å². The summed E-state index contributed by atoms with van der Waals surface area (Å²) in [6.45, 7) is 7.51. The van der Waals surface area contributed by atoms with Gasteiger partial charge in [0.2, 0.25) is 0 Å². The minimum Gasteiger partial charge on any atom is -0.428 e. The van der Waals surface area contributed by atoms with E-state index in [1.807, 2.05) is 19.9 Å². The summed E-state index contributed by atoms with van der Waals surface area (Å²) >= 11 is 0. The zero-order valence-corrected chi connectivity index (χ0v) is 14.9. The van der Waals surface area contributed by atoms with Crippen LogP contribution in [0.3, 0.4) is 0 Å². The minimum absolute atomic E-state index is 0.255. The maximum absolute atomic E-state index is 11.9. The molecule has 134 valence electrons. The highest BCUT2D eigenvalue weighted by Crippen LogP contribution is 2.18. The molecule has 0 spiro atoms. The lowest BCUT2D eigenvalue weighted by Gasteiger charge is -2.32. The molecular formula is C19H26N4O2. The first kappa shape index (κ1) is 17.5.